The number of hydrogen-bond donors (Lipinski definition) is 1. The predicted octanol–water partition coefficient (Wildman–Crippen LogP) is 2.06. The molecular weight excluding hydrogens is 294 g/mol. The second-order valence-corrected chi connectivity index (χ2v) is 5.51. The quantitative estimate of drug-likeness (QED) is 0.877. The topological polar surface area (TPSA) is 71.5 Å². The van der Waals surface area contributed by atoms with E-state index in [0.717, 1.165) is 5.56 Å². The summed E-state index contributed by atoms with van der Waals surface area (Å²) >= 11 is 0. The first-order valence-corrected chi connectivity index (χ1v) is 7.23. The van der Waals surface area contributed by atoms with Crippen molar-refractivity contribution in [2.45, 2.75) is 19.0 Å². The van der Waals surface area contributed by atoms with Crippen LogP contribution in [-0.4, -0.2) is 28.9 Å². The van der Waals surface area contributed by atoms with Crippen LogP contribution in [0.2, 0.25) is 0 Å². The molecule has 1 aliphatic rings. The Kier molecular flexibility index (Phi) is 3.73. The fraction of sp³-hybridized carbons (Fsp3) is 0.235. The molecule has 0 saturated carbocycles. The van der Waals surface area contributed by atoms with E-state index in [1.54, 1.807) is 44.5 Å². The predicted molar refractivity (Wildman–Crippen MR) is 83.7 cm³/mol. The molecule has 1 aromatic carbocycles. The van der Waals surface area contributed by atoms with Gasteiger partial charge in [0, 0.05) is 6.20 Å². The molecule has 118 valence electrons. The van der Waals surface area contributed by atoms with Crippen molar-refractivity contribution in [1.82, 2.24) is 15.2 Å². The summed E-state index contributed by atoms with van der Waals surface area (Å²) in [4.78, 5) is 30.4. The van der Waals surface area contributed by atoms with Crippen LogP contribution >= 0.6 is 0 Å². The van der Waals surface area contributed by atoms with Crippen LogP contribution in [0.25, 0.3) is 0 Å². The monoisotopic (exact) mass is 311 g/mol. The largest absolute Gasteiger partial charge is 0.497 e. The Morgan fingerprint density at radius 3 is 2.74 bits per heavy atom. The maximum absolute atomic E-state index is 12.8. The van der Waals surface area contributed by atoms with Crippen molar-refractivity contribution in [3.8, 4) is 5.75 Å². The van der Waals surface area contributed by atoms with Crippen LogP contribution in [-0.2, 0) is 16.9 Å². The van der Waals surface area contributed by atoms with Gasteiger partial charge >= 0.3 is 6.03 Å². The van der Waals surface area contributed by atoms with Gasteiger partial charge in [0.1, 0.15) is 5.75 Å². The molecule has 2 heterocycles. The lowest BCUT2D eigenvalue weighted by atomic mass is 9.97. The van der Waals surface area contributed by atoms with Gasteiger partial charge in [-0.05, 0) is 36.8 Å². The fourth-order valence-corrected chi connectivity index (χ4v) is 2.63. The lowest BCUT2D eigenvalue weighted by molar-refractivity contribution is -0.131. The Morgan fingerprint density at radius 1 is 1.22 bits per heavy atom. The Bertz CT molecular complexity index is 748. The van der Waals surface area contributed by atoms with E-state index in [9.17, 15) is 9.59 Å². The van der Waals surface area contributed by atoms with Crippen molar-refractivity contribution in [3.05, 3.63) is 59.9 Å². The second-order valence-electron chi connectivity index (χ2n) is 5.51. The van der Waals surface area contributed by atoms with Crippen molar-refractivity contribution in [2.24, 2.45) is 0 Å². The van der Waals surface area contributed by atoms with E-state index in [0.29, 0.717) is 11.4 Å². The van der Waals surface area contributed by atoms with Crippen LogP contribution in [0, 0.1) is 0 Å². The minimum atomic E-state index is -1.14. The minimum absolute atomic E-state index is 0.185. The highest BCUT2D eigenvalue weighted by Gasteiger charge is 2.49. The molecule has 1 saturated heterocycles. The van der Waals surface area contributed by atoms with Gasteiger partial charge in [-0.1, -0.05) is 18.2 Å². The molecule has 3 amide bonds. The van der Waals surface area contributed by atoms with Crippen LogP contribution in [0.5, 0.6) is 5.75 Å². The lowest BCUT2D eigenvalue weighted by Gasteiger charge is -2.21. The molecule has 1 aromatic heterocycles. The smallest absolute Gasteiger partial charge is 0.325 e. The molecule has 1 unspecified atom stereocenters. The van der Waals surface area contributed by atoms with Gasteiger partial charge in [-0.2, -0.15) is 0 Å². The highest BCUT2D eigenvalue weighted by molar-refractivity contribution is 6.06. The van der Waals surface area contributed by atoms with Crippen LogP contribution in [0.15, 0.2) is 48.7 Å². The maximum Gasteiger partial charge on any atom is 0.325 e. The Labute approximate surface area is 134 Å². The van der Waals surface area contributed by atoms with E-state index >= 15 is 0 Å². The molecule has 1 aliphatic heterocycles. The molecule has 1 fully saturated rings. The summed E-state index contributed by atoms with van der Waals surface area (Å²) in [5.41, 5.74) is 0.196. The summed E-state index contributed by atoms with van der Waals surface area (Å²) in [5.74, 6) is 0.367. The molecule has 3 rings (SSSR count). The number of imide groups is 1. The van der Waals surface area contributed by atoms with Crippen molar-refractivity contribution in [2.75, 3.05) is 7.11 Å². The number of carbonyl (C=O) groups is 2. The van der Waals surface area contributed by atoms with E-state index < -0.39 is 11.6 Å². The Morgan fingerprint density at radius 2 is 2.04 bits per heavy atom. The van der Waals surface area contributed by atoms with Gasteiger partial charge in [0.2, 0.25) is 0 Å². The first-order chi connectivity index (χ1) is 11.0. The van der Waals surface area contributed by atoms with Crippen molar-refractivity contribution in [3.63, 3.8) is 0 Å². The van der Waals surface area contributed by atoms with E-state index in [1.807, 2.05) is 18.2 Å². The number of hydrogen-bond acceptors (Lipinski definition) is 4. The van der Waals surface area contributed by atoms with E-state index in [4.69, 9.17) is 4.74 Å². The number of urea groups is 1. The highest BCUT2D eigenvalue weighted by atomic mass is 16.5. The van der Waals surface area contributed by atoms with Crippen LogP contribution in [0.4, 0.5) is 4.79 Å². The minimum Gasteiger partial charge on any atom is -0.497 e. The van der Waals surface area contributed by atoms with Crippen LogP contribution < -0.4 is 10.1 Å². The number of rotatable bonds is 4. The number of nitrogens with one attached hydrogen (secondary N) is 1. The number of ether oxygens (including phenoxy) is 1. The molecule has 0 aliphatic carbocycles. The van der Waals surface area contributed by atoms with Gasteiger partial charge in [0.05, 0.1) is 19.3 Å². The number of nitrogens with zero attached hydrogens (tertiary/aromatic N) is 2. The van der Waals surface area contributed by atoms with Gasteiger partial charge in [-0.25, -0.2) is 4.79 Å². The lowest BCUT2D eigenvalue weighted by Crippen LogP contribution is -2.41. The molecule has 0 radical (unpaired) electrons. The molecule has 1 N–H and O–H groups in total. The van der Waals surface area contributed by atoms with Gasteiger partial charge in [0.25, 0.3) is 5.91 Å². The number of amides is 3. The fourth-order valence-electron chi connectivity index (χ4n) is 2.63. The third-order valence-corrected chi connectivity index (χ3v) is 3.93. The zero-order valence-corrected chi connectivity index (χ0v) is 12.9. The van der Waals surface area contributed by atoms with E-state index in [1.165, 1.54) is 4.90 Å². The molecule has 0 spiro atoms. The Balaban J connectivity index is 1.87. The summed E-state index contributed by atoms with van der Waals surface area (Å²) in [6.45, 7) is 1.85. The standard InChI is InChI=1S/C17H17N3O3/c1-17(14-8-3-4-9-18-14)15(21)20(16(22)19-17)11-12-6-5-7-13(10-12)23-2/h3-10H,11H2,1-2H3,(H,19,22). The second kappa shape index (κ2) is 5.72. The first-order valence-electron chi connectivity index (χ1n) is 7.23. The molecule has 2 aromatic rings. The van der Waals surface area contributed by atoms with Crippen LogP contribution in [0.1, 0.15) is 18.2 Å². The average Bonchev–Trinajstić information content (AvgIpc) is 2.80. The van der Waals surface area contributed by atoms with Gasteiger partial charge in [-0.3, -0.25) is 14.7 Å². The number of pyridine rings is 1. The van der Waals surface area contributed by atoms with Crippen molar-refractivity contribution >= 4 is 11.9 Å². The molecule has 23 heavy (non-hydrogen) atoms. The third-order valence-electron chi connectivity index (χ3n) is 3.93. The molecule has 0 bridgehead atoms. The van der Waals surface area contributed by atoms with Crippen molar-refractivity contribution < 1.29 is 14.3 Å². The van der Waals surface area contributed by atoms with Gasteiger partial charge in [-0.15, -0.1) is 0 Å². The first kappa shape index (κ1) is 15.0. The molecule has 6 heteroatoms. The Hall–Kier alpha value is -2.89. The third kappa shape index (κ3) is 2.63. The number of benzene rings is 1. The maximum atomic E-state index is 12.8. The van der Waals surface area contributed by atoms with Gasteiger partial charge < -0.3 is 10.1 Å². The van der Waals surface area contributed by atoms with Crippen molar-refractivity contribution in [1.29, 1.82) is 0 Å². The summed E-state index contributed by atoms with van der Waals surface area (Å²) in [5, 5.41) is 2.74. The van der Waals surface area contributed by atoms with Crippen LogP contribution in [0.3, 0.4) is 0 Å². The summed E-state index contributed by atoms with van der Waals surface area (Å²) in [7, 11) is 1.57. The molecule has 1 atom stereocenters. The molecular formula is C17H17N3O3. The SMILES string of the molecule is COc1cccc(CN2C(=O)NC(C)(c3ccccn3)C2=O)c1. The zero-order chi connectivity index (χ0) is 16.4. The zero-order valence-electron chi connectivity index (χ0n) is 12.9. The summed E-state index contributed by atoms with van der Waals surface area (Å²) in [6.07, 6.45) is 1.60. The highest BCUT2D eigenvalue weighted by Crippen LogP contribution is 2.28. The van der Waals surface area contributed by atoms with E-state index in [-0.39, 0.29) is 12.5 Å². The number of carbonyl (C=O) groups excluding carboxylic acids is 2. The molecule has 6 nitrogen and oxygen atoms in total. The number of methoxy groups -OCH3 is 1. The van der Waals surface area contributed by atoms with Gasteiger partial charge in [0.15, 0.2) is 5.54 Å². The summed E-state index contributed by atoms with van der Waals surface area (Å²) in [6, 6.07) is 12.1. The number of aromatic nitrogens is 1. The van der Waals surface area contributed by atoms with E-state index in [2.05, 4.69) is 10.3 Å². The normalized spacial score (nSPS) is 20.5. The average molecular weight is 311 g/mol. The summed E-state index contributed by atoms with van der Waals surface area (Å²) < 4.78 is 5.17.